The Balaban J connectivity index is 2.07. The van der Waals surface area contributed by atoms with Crippen LogP contribution < -0.4 is 19.9 Å². The van der Waals surface area contributed by atoms with Gasteiger partial charge in [-0.05, 0) is 18.9 Å². The minimum atomic E-state index is -0.308. The highest BCUT2D eigenvalue weighted by Gasteiger charge is 2.35. The van der Waals surface area contributed by atoms with Crippen molar-refractivity contribution in [2.75, 3.05) is 20.3 Å². The predicted octanol–water partition coefficient (Wildman–Crippen LogP) is 2.58. The number of fused-ring (bicyclic) bond motifs is 1. The van der Waals surface area contributed by atoms with Gasteiger partial charge in [-0.3, -0.25) is 0 Å². The Morgan fingerprint density at radius 2 is 1.84 bits per heavy atom. The lowest BCUT2D eigenvalue weighted by molar-refractivity contribution is 0.163. The Labute approximate surface area is 113 Å². The van der Waals surface area contributed by atoms with Gasteiger partial charge in [0.15, 0.2) is 11.5 Å². The number of nitrogens with two attached hydrogens (primary N) is 1. The Morgan fingerprint density at radius 1 is 1.11 bits per heavy atom. The highest BCUT2D eigenvalue weighted by molar-refractivity contribution is 5.55. The molecule has 1 fully saturated rings. The zero-order valence-electron chi connectivity index (χ0n) is 11.4. The third-order valence-corrected chi connectivity index (χ3v) is 4.13. The molecule has 0 bridgehead atoms. The minimum Gasteiger partial charge on any atom is -0.497 e. The largest absolute Gasteiger partial charge is 0.497 e. The fourth-order valence-corrected chi connectivity index (χ4v) is 3.07. The van der Waals surface area contributed by atoms with Gasteiger partial charge in [-0.2, -0.15) is 0 Å². The predicted molar refractivity (Wildman–Crippen MR) is 72.9 cm³/mol. The molecule has 1 aromatic carbocycles. The second-order valence-corrected chi connectivity index (χ2v) is 5.42. The van der Waals surface area contributed by atoms with Gasteiger partial charge in [0.25, 0.3) is 0 Å². The van der Waals surface area contributed by atoms with Crippen molar-refractivity contribution in [3.05, 3.63) is 17.7 Å². The molecule has 0 saturated heterocycles. The highest BCUT2D eigenvalue weighted by Crippen LogP contribution is 2.46. The van der Waals surface area contributed by atoms with Gasteiger partial charge in [-0.1, -0.05) is 19.3 Å². The van der Waals surface area contributed by atoms with Gasteiger partial charge >= 0.3 is 0 Å². The fraction of sp³-hybridized carbons (Fsp3) is 0.600. The fourth-order valence-electron chi connectivity index (χ4n) is 3.07. The molecule has 0 atom stereocenters. The van der Waals surface area contributed by atoms with E-state index in [1.165, 1.54) is 19.3 Å². The molecule has 1 aliphatic heterocycles. The van der Waals surface area contributed by atoms with Crippen molar-refractivity contribution in [2.45, 2.75) is 37.6 Å². The van der Waals surface area contributed by atoms with Crippen molar-refractivity contribution >= 4 is 0 Å². The molecule has 0 amide bonds. The summed E-state index contributed by atoms with van der Waals surface area (Å²) in [4.78, 5) is 0. The summed E-state index contributed by atoms with van der Waals surface area (Å²) in [7, 11) is 1.67. The van der Waals surface area contributed by atoms with E-state index in [0.717, 1.165) is 35.7 Å². The van der Waals surface area contributed by atoms with Gasteiger partial charge < -0.3 is 19.9 Å². The number of hydrogen-bond donors (Lipinski definition) is 1. The number of ether oxygens (including phenoxy) is 3. The van der Waals surface area contributed by atoms with E-state index in [1.54, 1.807) is 7.11 Å². The second-order valence-electron chi connectivity index (χ2n) is 5.42. The Morgan fingerprint density at radius 3 is 2.58 bits per heavy atom. The summed E-state index contributed by atoms with van der Waals surface area (Å²) in [5, 5.41) is 0. The Hall–Kier alpha value is -1.42. The molecule has 2 aliphatic rings. The van der Waals surface area contributed by atoms with Crippen LogP contribution in [0.4, 0.5) is 0 Å². The van der Waals surface area contributed by atoms with Crippen molar-refractivity contribution in [3.8, 4) is 17.2 Å². The van der Waals surface area contributed by atoms with Crippen LogP contribution in [0.25, 0.3) is 0 Å². The second kappa shape index (κ2) is 4.93. The summed E-state index contributed by atoms with van der Waals surface area (Å²) in [6.07, 6.45) is 5.60. The van der Waals surface area contributed by atoms with Gasteiger partial charge in [0, 0.05) is 17.2 Å². The molecule has 0 unspecified atom stereocenters. The summed E-state index contributed by atoms with van der Waals surface area (Å²) in [6.45, 7) is 1.17. The SMILES string of the molecule is COc1cc2c(c(C3(N)CCCCC3)c1)OCCO2. The van der Waals surface area contributed by atoms with Crippen molar-refractivity contribution in [3.63, 3.8) is 0 Å². The monoisotopic (exact) mass is 263 g/mol. The third kappa shape index (κ3) is 2.25. The molecule has 2 N–H and O–H groups in total. The van der Waals surface area contributed by atoms with Crippen LogP contribution in [0.3, 0.4) is 0 Å². The highest BCUT2D eigenvalue weighted by atomic mass is 16.6. The average Bonchev–Trinajstić information content (AvgIpc) is 2.46. The first-order valence-electron chi connectivity index (χ1n) is 7.00. The van der Waals surface area contributed by atoms with E-state index in [1.807, 2.05) is 12.1 Å². The molecule has 4 heteroatoms. The molecule has 0 aromatic heterocycles. The van der Waals surface area contributed by atoms with Crippen LogP contribution in [0.5, 0.6) is 17.2 Å². The normalized spacial score (nSPS) is 20.9. The first kappa shape index (κ1) is 12.6. The lowest BCUT2D eigenvalue weighted by Crippen LogP contribution is -2.39. The zero-order chi connectivity index (χ0) is 13.3. The van der Waals surface area contributed by atoms with E-state index in [4.69, 9.17) is 19.9 Å². The standard InChI is InChI=1S/C15H21NO3/c1-17-11-9-12(15(16)5-3-2-4-6-15)14-13(10-11)18-7-8-19-14/h9-10H,2-8,16H2,1H3. The molecule has 0 radical (unpaired) electrons. The molecule has 1 heterocycles. The third-order valence-electron chi connectivity index (χ3n) is 4.13. The Kier molecular flexibility index (Phi) is 3.27. The topological polar surface area (TPSA) is 53.7 Å². The first-order valence-corrected chi connectivity index (χ1v) is 7.00. The van der Waals surface area contributed by atoms with E-state index in [-0.39, 0.29) is 5.54 Å². The maximum absolute atomic E-state index is 6.64. The zero-order valence-corrected chi connectivity index (χ0v) is 11.4. The van der Waals surface area contributed by atoms with E-state index < -0.39 is 0 Å². The molecule has 1 saturated carbocycles. The van der Waals surface area contributed by atoms with Crippen LogP contribution >= 0.6 is 0 Å². The van der Waals surface area contributed by atoms with Gasteiger partial charge in [-0.15, -0.1) is 0 Å². The number of methoxy groups -OCH3 is 1. The van der Waals surface area contributed by atoms with Gasteiger partial charge in [0.2, 0.25) is 0 Å². The quantitative estimate of drug-likeness (QED) is 0.891. The van der Waals surface area contributed by atoms with Crippen molar-refractivity contribution in [2.24, 2.45) is 5.73 Å². The van der Waals surface area contributed by atoms with Crippen LogP contribution in [0.15, 0.2) is 12.1 Å². The van der Waals surface area contributed by atoms with Gasteiger partial charge in [-0.25, -0.2) is 0 Å². The van der Waals surface area contributed by atoms with Crippen molar-refractivity contribution in [1.82, 2.24) is 0 Å². The summed E-state index contributed by atoms with van der Waals surface area (Å²) < 4.78 is 16.9. The summed E-state index contributed by atoms with van der Waals surface area (Å²) in [5.41, 5.74) is 7.37. The van der Waals surface area contributed by atoms with Crippen molar-refractivity contribution < 1.29 is 14.2 Å². The molecule has 1 aromatic rings. The summed E-state index contributed by atoms with van der Waals surface area (Å²) in [6, 6.07) is 3.89. The van der Waals surface area contributed by atoms with E-state index in [0.29, 0.717) is 13.2 Å². The average molecular weight is 263 g/mol. The number of benzene rings is 1. The molecule has 1 aliphatic carbocycles. The van der Waals surface area contributed by atoms with E-state index in [9.17, 15) is 0 Å². The van der Waals surface area contributed by atoms with Crippen molar-refractivity contribution in [1.29, 1.82) is 0 Å². The molecule has 0 spiro atoms. The lowest BCUT2D eigenvalue weighted by atomic mass is 9.77. The first-order chi connectivity index (χ1) is 9.23. The molecular formula is C15H21NO3. The summed E-state index contributed by atoms with van der Waals surface area (Å²) in [5.74, 6) is 2.36. The summed E-state index contributed by atoms with van der Waals surface area (Å²) >= 11 is 0. The van der Waals surface area contributed by atoms with Crippen LogP contribution in [-0.4, -0.2) is 20.3 Å². The van der Waals surface area contributed by atoms with E-state index in [2.05, 4.69) is 0 Å². The molecule has 19 heavy (non-hydrogen) atoms. The maximum atomic E-state index is 6.64. The maximum Gasteiger partial charge on any atom is 0.166 e. The Bertz CT molecular complexity index is 467. The molecule has 4 nitrogen and oxygen atoms in total. The van der Waals surface area contributed by atoms with Crippen LogP contribution in [0, 0.1) is 0 Å². The molecule has 3 rings (SSSR count). The van der Waals surface area contributed by atoms with Gasteiger partial charge in [0.1, 0.15) is 19.0 Å². The smallest absolute Gasteiger partial charge is 0.166 e. The van der Waals surface area contributed by atoms with Crippen LogP contribution in [0.1, 0.15) is 37.7 Å². The van der Waals surface area contributed by atoms with E-state index >= 15 is 0 Å². The molecular weight excluding hydrogens is 242 g/mol. The van der Waals surface area contributed by atoms with Crippen LogP contribution in [0.2, 0.25) is 0 Å². The minimum absolute atomic E-state index is 0.308. The molecule has 104 valence electrons. The lowest BCUT2D eigenvalue weighted by Gasteiger charge is -2.36. The number of rotatable bonds is 2. The van der Waals surface area contributed by atoms with Crippen LogP contribution in [-0.2, 0) is 5.54 Å². The number of hydrogen-bond acceptors (Lipinski definition) is 4. The van der Waals surface area contributed by atoms with Gasteiger partial charge in [0.05, 0.1) is 7.11 Å².